The molecule has 2 heterocycles. The van der Waals surface area contributed by atoms with Crippen LogP contribution in [0.15, 0.2) is 30.9 Å². The summed E-state index contributed by atoms with van der Waals surface area (Å²) in [6.45, 7) is 4.05. The van der Waals surface area contributed by atoms with Crippen molar-refractivity contribution in [2.45, 2.75) is 33.1 Å². The van der Waals surface area contributed by atoms with Gasteiger partial charge in [-0.1, -0.05) is 13.0 Å². The van der Waals surface area contributed by atoms with Gasteiger partial charge in [0, 0.05) is 4.88 Å². The fourth-order valence-electron chi connectivity index (χ4n) is 3.54. The first kappa shape index (κ1) is 19.2. The fourth-order valence-corrected chi connectivity index (χ4v) is 4.92. The van der Waals surface area contributed by atoms with E-state index >= 15 is 0 Å². The minimum Gasteiger partial charge on any atom is -0.482 e. The Morgan fingerprint density at radius 1 is 1.41 bits per heavy atom. The van der Waals surface area contributed by atoms with E-state index in [1.165, 1.54) is 16.2 Å². The Hall–Kier alpha value is -3.18. The predicted octanol–water partition coefficient (Wildman–Crippen LogP) is 3.65. The average molecular weight is 407 g/mol. The Kier molecular flexibility index (Phi) is 5.32. The van der Waals surface area contributed by atoms with Crippen molar-refractivity contribution < 1.29 is 9.53 Å². The van der Waals surface area contributed by atoms with E-state index in [1.807, 2.05) is 25.1 Å². The second kappa shape index (κ2) is 8.05. The molecule has 0 saturated heterocycles. The van der Waals surface area contributed by atoms with Crippen LogP contribution in [0.25, 0.3) is 5.69 Å². The number of benzene rings is 1. The molecule has 3 aromatic rings. The maximum atomic E-state index is 12.5. The molecule has 0 spiro atoms. The minimum absolute atomic E-state index is 0.151. The van der Waals surface area contributed by atoms with Crippen LogP contribution in [-0.4, -0.2) is 27.3 Å². The number of amides is 1. The number of aryl methyl sites for hydroxylation is 1. The lowest BCUT2D eigenvalue weighted by Crippen LogP contribution is -2.20. The first-order valence-corrected chi connectivity index (χ1v) is 10.3. The summed E-state index contributed by atoms with van der Waals surface area (Å²) in [6.07, 6.45) is 6.10. The number of anilines is 1. The molecular formula is C21H21N5O2S. The second-order valence-electron chi connectivity index (χ2n) is 7.34. The van der Waals surface area contributed by atoms with Crippen LogP contribution in [-0.2, 0) is 17.6 Å². The smallest absolute Gasteiger partial charge is 0.262 e. The van der Waals surface area contributed by atoms with Gasteiger partial charge in [-0.3, -0.25) is 9.36 Å². The largest absolute Gasteiger partial charge is 0.482 e. The number of carbonyl (C=O) groups excluding carboxylic acids is 1. The highest BCUT2D eigenvalue weighted by molar-refractivity contribution is 7.16. The van der Waals surface area contributed by atoms with Crippen molar-refractivity contribution in [2.75, 3.05) is 11.9 Å². The normalized spacial score (nSPS) is 15.4. The number of hydrogen-bond acceptors (Lipinski definition) is 6. The zero-order valence-electron chi connectivity index (χ0n) is 16.3. The van der Waals surface area contributed by atoms with Crippen molar-refractivity contribution in [3.05, 3.63) is 52.4 Å². The van der Waals surface area contributed by atoms with Crippen molar-refractivity contribution in [1.29, 1.82) is 5.26 Å². The molecule has 7 nitrogen and oxygen atoms in total. The van der Waals surface area contributed by atoms with E-state index in [-0.39, 0.29) is 12.5 Å². The quantitative estimate of drug-likeness (QED) is 0.697. The summed E-state index contributed by atoms with van der Waals surface area (Å²) in [6, 6.07) is 7.96. The van der Waals surface area contributed by atoms with Crippen LogP contribution in [0.2, 0.25) is 0 Å². The topological polar surface area (TPSA) is 92.8 Å². The molecule has 29 heavy (non-hydrogen) atoms. The number of rotatable bonds is 5. The number of nitrogens with one attached hydrogen (secondary N) is 1. The maximum Gasteiger partial charge on any atom is 0.262 e. The standard InChI is InChI=1S/C21H21N5O2S/c1-13-4-6-18(17(7-13)26-11-23-24-12-26)28-10-20(27)25-21-16(9-22)15-5-3-14(2)8-19(15)29-21/h4,6-7,11-12,14H,3,5,8,10H2,1-2H3,(H,25,27)/t14-/m1/s1. The molecule has 4 rings (SSSR count). The lowest BCUT2D eigenvalue weighted by atomic mass is 9.89. The summed E-state index contributed by atoms with van der Waals surface area (Å²) in [7, 11) is 0. The second-order valence-corrected chi connectivity index (χ2v) is 8.45. The number of fused-ring (bicyclic) bond motifs is 1. The third-order valence-electron chi connectivity index (χ3n) is 5.05. The summed E-state index contributed by atoms with van der Waals surface area (Å²) in [5.74, 6) is 0.881. The van der Waals surface area contributed by atoms with E-state index in [0.717, 1.165) is 36.1 Å². The van der Waals surface area contributed by atoms with Gasteiger partial charge in [0.15, 0.2) is 6.61 Å². The number of ether oxygens (including phenoxy) is 1. The Morgan fingerprint density at radius 2 is 2.21 bits per heavy atom. The summed E-state index contributed by atoms with van der Waals surface area (Å²) < 4.78 is 7.51. The van der Waals surface area contributed by atoms with Gasteiger partial charge < -0.3 is 10.1 Å². The molecule has 1 aliphatic rings. The molecule has 0 saturated carbocycles. The van der Waals surface area contributed by atoms with Crippen molar-refractivity contribution >= 4 is 22.2 Å². The molecule has 1 N–H and O–H groups in total. The maximum absolute atomic E-state index is 12.5. The zero-order chi connectivity index (χ0) is 20.4. The van der Waals surface area contributed by atoms with Crippen LogP contribution >= 0.6 is 11.3 Å². The summed E-state index contributed by atoms with van der Waals surface area (Å²) in [4.78, 5) is 13.7. The average Bonchev–Trinajstić information content (AvgIpc) is 3.34. The predicted molar refractivity (Wildman–Crippen MR) is 110 cm³/mol. The minimum atomic E-state index is -0.288. The summed E-state index contributed by atoms with van der Waals surface area (Å²) in [5.41, 5.74) is 3.52. The van der Waals surface area contributed by atoms with E-state index in [4.69, 9.17) is 4.74 Å². The van der Waals surface area contributed by atoms with Crippen LogP contribution < -0.4 is 10.1 Å². The lowest BCUT2D eigenvalue weighted by molar-refractivity contribution is -0.118. The Morgan fingerprint density at radius 3 is 2.97 bits per heavy atom. The molecule has 1 aliphatic carbocycles. The van der Waals surface area contributed by atoms with Crippen molar-refractivity contribution in [1.82, 2.24) is 14.8 Å². The molecule has 1 aromatic carbocycles. The molecule has 0 radical (unpaired) electrons. The van der Waals surface area contributed by atoms with Gasteiger partial charge >= 0.3 is 0 Å². The number of aromatic nitrogens is 3. The van der Waals surface area contributed by atoms with Crippen LogP contribution in [0.5, 0.6) is 5.75 Å². The first-order chi connectivity index (χ1) is 14.0. The molecule has 0 aliphatic heterocycles. The highest BCUT2D eigenvalue weighted by Gasteiger charge is 2.24. The Balaban J connectivity index is 1.48. The number of thiophene rings is 1. The van der Waals surface area contributed by atoms with Gasteiger partial charge in [0.1, 0.15) is 29.5 Å². The SMILES string of the molecule is Cc1ccc(OCC(=O)Nc2sc3c(c2C#N)CC[C@@H](C)C3)c(-n2cnnc2)c1. The van der Waals surface area contributed by atoms with Crippen LogP contribution in [0.4, 0.5) is 5.00 Å². The molecule has 1 atom stereocenters. The van der Waals surface area contributed by atoms with Gasteiger partial charge in [-0.05, 0) is 55.4 Å². The van der Waals surface area contributed by atoms with E-state index in [2.05, 4.69) is 28.5 Å². The molecule has 2 aromatic heterocycles. The number of nitrogens with zero attached hydrogens (tertiary/aromatic N) is 4. The number of carbonyl (C=O) groups is 1. The third-order valence-corrected chi connectivity index (χ3v) is 6.22. The molecule has 0 bridgehead atoms. The van der Waals surface area contributed by atoms with Crippen molar-refractivity contribution in [2.24, 2.45) is 5.92 Å². The molecule has 0 unspecified atom stereocenters. The monoisotopic (exact) mass is 407 g/mol. The molecular weight excluding hydrogens is 386 g/mol. The summed E-state index contributed by atoms with van der Waals surface area (Å²) in [5, 5.41) is 20.7. The Bertz CT molecular complexity index is 1080. The van der Waals surface area contributed by atoms with E-state index < -0.39 is 0 Å². The highest BCUT2D eigenvalue weighted by Crippen LogP contribution is 2.39. The first-order valence-electron chi connectivity index (χ1n) is 9.48. The van der Waals surface area contributed by atoms with Crippen molar-refractivity contribution in [3.8, 4) is 17.5 Å². The van der Waals surface area contributed by atoms with Gasteiger partial charge in [0.25, 0.3) is 5.91 Å². The van der Waals surface area contributed by atoms with Gasteiger partial charge in [-0.15, -0.1) is 21.5 Å². The van der Waals surface area contributed by atoms with Crippen molar-refractivity contribution in [3.63, 3.8) is 0 Å². The van der Waals surface area contributed by atoms with Crippen LogP contribution in [0, 0.1) is 24.2 Å². The van der Waals surface area contributed by atoms with Gasteiger partial charge in [0.05, 0.1) is 11.3 Å². The van der Waals surface area contributed by atoms with Crippen LogP contribution in [0.1, 0.15) is 34.9 Å². The van der Waals surface area contributed by atoms with Crippen LogP contribution in [0.3, 0.4) is 0 Å². The number of nitriles is 1. The lowest BCUT2D eigenvalue weighted by Gasteiger charge is -2.17. The van der Waals surface area contributed by atoms with E-state index in [1.54, 1.807) is 17.2 Å². The fraction of sp³-hybridized carbons (Fsp3) is 0.333. The third kappa shape index (κ3) is 4.00. The van der Waals surface area contributed by atoms with Gasteiger partial charge in [-0.2, -0.15) is 5.26 Å². The van der Waals surface area contributed by atoms with E-state index in [0.29, 0.717) is 22.2 Å². The molecule has 8 heteroatoms. The Labute approximate surface area is 173 Å². The number of hydrogen-bond donors (Lipinski definition) is 1. The van der Waals surface area contributed by atoms with E-state index in [9.17, 15) is 10.1 Å². The zero-order valence-corrected chi connectivity index (χ0v) is 17.1. The van der Waals surface area contributed by atoms with Gasteiger partial charge in [-0.25, -0.2) is 0 Å². The molecule has 148 valence electrons. The molecule has 1 amide bonds. The van der Waals surface area contributed by atoms with Gasteiger partial charge in [0.2, 0.25) is 0 Å². The highest BCUT2D eigenvalue weighted by atomic mass is 32.1. The summed E-state index contributed by atoms with van der Waals surface area (Å²) >= 11 is 1.51. The molecule has 0 fully saturated rings.